The monoisotopic (exact) mass is 360 g/mol. The number of hydrogen-bond donors (Lipinski definition) is 0. The molecule has 1 saturated heterocycles. The zero-order valence-electron chi connectivity index (χ0n) is 13.5. The molecule has 0 unspecified atom stereocenters. The first-order valence-corrected chi connectivity index (χ1v) is 9.55. The van der Waals surface area contributed by atoms with Crippen molar-refractivity contribution in [2.75, 3.05) is 39.5 Å². The summed E-state index contributed by atoms with van der Waals surface area (Å²) < 4.78 is 30.1. The summed E-state index contributed by atoms with van der Waals surface area (Å²) in [7, 11) is -1.72. The van der Waals surface area contributed by atoms with Crippen molar-refractivity contribution in [2.24, 2.45) is 0 Å². The maximum absolute atomic E-state index is 12.8. The molecule has 6 nitrogen and oxygen atoms in total. The third-order valence-corrected chi connectivity index (χ3v) is 5.41. The topological polar surface area (TPSA) is 66.9 Å². The van der Waals surface area contributed by atoms with E-state index in [-0.39, 0.29) is 5.91 Å². The fourth-order valence-electron chi connectivity index (χ4n) is 2.76. The molecule has 0 N–H and O–H groups in total. The first kappa shape index (κ1) is 18.0. The van der Waals surface area contributed by atoms with Crippen molar-refractivity contribution in [3.05, 3.63) is 28.3 Å². The van der Waals surface area contributed by atoms with Crippen molar-refractivity contribution in [1.82, 2.24) is 9.21 Å². The first-order valence-electron chi connectivity index (χ1n) is 7.32. The van der Waals surface area contributed by atoms with Crippen LogP contribution < -0.4 is 4.74 Å². The van der Waals surface area contributed by atoms with Crippen molar-refractivity contribution in [1.29, 1.82) is 0 Å². The first-order chi connectivity index (χ1) is 10.7. The van der Waals surface area contributed by atoms with Crippen LogP contribution in [0.25, 0.3) is 0 Å². The second-order valence-corrected chi connectivity index (χ2v) is 8.03. The standard InChI is InChI=1S/C15H21ClN2O4S/c1-11-9-12(16)10-13(14(11)22-2)15(19)17-5-4-6-18(8-7-17)23(3,20)21/h9-10H,4-8H2,1-3H3. The molecule has 128 valence electrons. The van der Waals surface area contributed by atoms with Gasteiger partial charge in [-0.15, -0.1) is 0 Å². The Balaban J connectivity index is 2.25. The third-order valence-electron chi connectivity index (χ3n) is 3.89. The van der Waals surface area contributed by atoms with E-state index in [2.05, 4.69) is 0 Å². The van der Waals surface area contributed by atoms with Crippen LogP contribution in [-0.2, 0) is 10.0 Å². The number of sulfonamides is 1. The van der Waals surface area contributed by atoms with Crippen molar-refractivity contribution in [2.45, 2.75) is 13.3 Å². The van der Waals surface area contributed by atoms with E-state index in [0.29, 0.717) is 48.9 Å². The maximum atomic E-state index is 12.8. The van der Waals surface area contributed by atoms with Crippen LogP contribution in [0, 0.1) is 6.92 Å². The molecule has 1 aromatic carbocycles. The Bertz CT molecular complexity index is 706. The average molecular weight is 361 g/mol. The second-order valence-electron chi connectivity index (χ2n) is 5.61. The summed E-state index contributed by atoms with van der Waals surface area (Å²) in [5, 5.41) is 0.472. The highest BCUT2D eigenvalue weighted by Gasteiger charge is 2.26. The molecule has 1 amide bonds. The van der Waals surface area contributed by atoms with Gasteiger partial charge in [0.05, 0.1) is 18.9 Å². The second kappa shape index (κ2) is 7.07. The number of benzene rings is 1. The lowest BCUT2D eigenvalue weighted by atomic mass is 10.1. The number of carbonyl (C=O) groups excluding carboxylic acids is 1. The summed E-state index contributed by atoms with van der Waals surface area (Å²) >= 11 is 6.06. The van der Waals surface area contributed by atoms with Gasteiger partial charge in [-0.2, -0.15) is 0 Å². The zero-order chi connectivity index (χ0) is 17.2. The number of rotatable bonds is 3. The third kappa shape index (κ3) is 4.16. The van der Waals surface area contributed by atoms with E-state index in [1.807, 2.05) is 6.92 Å². The predicted molar refractivity (Wildman–Crippen MR) is 89.7 cm³/mol. The Kier molecular flexibility index (Phi) is 5.54. The SMILES string of the molecule is COc1c(C)cc(Cl)cc1C(=O)N1CCCN(S(C)(=O)=O)CC1. The highest BCUT2D eigenvalue weighted by atomic mass is 35.5. The number of aryl methyl sites for hydroxylation is 1. The van der Waals surface area contributed by atoms with E-state index >= 15 is 0 Å². The van der Waals surface area contributed by atoms with Crippen molar-refractivity contribution >= 4 is 27.5 Å². The van der Waals surface area contributed by atoms with Gasteiger partial charge in [0, 0.05) is 31.2 Å². The van der Waals surface area contributed by atoms with Crippen molar-refractivity contribution in [3.8, 4) is 5.75 Å². The van der Waals surface area contributed by atoms with Crippen LogP contribution in [0.3, 0.4) is 0 Å². The molecule has 0 saturated carbocycles. The van der Waals surface area contributed by atoms with E-state index in [4.69, 9.17) is 16.3 Å². The van der Waals surface area contributed by atoms with Gasteiger partial charge >= 0.3 is 0 Å². The minimum absolute atomic E-state index is 0.192. The van der Waals surface area contributed by atoms with Gasteiger partial charge in [-0.05, 0) is 31.0 Å². The van der Waals surface area contributed by atoms with E-state index in [1.54, 1.807) is 17.0 Å². The Labute approximate surface area is 142 Å². The number of methoxy groups -OCH3 is 1. The minimum Gasteiger partial charge on any atom is -0.496 e. The Morgan fingerprint density at radius 2 is 1.91 bits per heavy atom. The molecule has 0 atom stereocenters. The Morgan fingerprint density at radius 1 is 1.22 bits per heavy atom. The smallest absolute Gasteiger partial charge is 0.257 e. The minimum atomic E-state index is -3.24. The largest absolute Gasteiger partial charge is 0.496 e. The quantitative estimate of drug-likeness (QED) is 0.823. The summed E-state index contributed by atoms with van der Waals surface area (Å²) in [5.41, 5.74) is 1.20. The Morgan fingerprint density at radius 3 is 2.52 bits per heavy atom. The highest BCUT2D eigenvalue weighted by Crippen LogP contribution is 2.29. The molecule has 1 aliphatic heterocycles. The van der Waals surface area contributed by atoms with Crippen molar-refractivity contribution in [3.63, 3.8) is 0 Å². The summed E-state index contributed by atoms with van der Waals surface area (Å²) in [6.45, 7) is 3.40. The normalized spacial score (nSPS) is 17.0. The van der Waals surface area contributed by atoms with Crippen LogP contribution in [0.15, 0.2) is 12.1 Å². The average Bonchev–Trinajstić information content (AvgIpc) is 2.71. The molecule has 1 fully saturated rings. The van der Waals surface area contributed by atoms with E-state index in [9.17, 15) is 13.2 Å². The summed E-state index contributed by atoms with van der Waals surface area (Å²) in [6.07, 6.45) is 1.79. The number of nitrogens with zero attached hydrogens (tertiary/aromatic N) is 2. The van der Waals surface area contributed by atoms with Crippen LogP contribution in [0.4, 0.5) is 0 Å². The highest BCUT2D eigenvalue weighted by molar-refractivity contribution is 7.88. The number of amides is 1. The molecule has 1 aromatic rings. The van der Waals surface area contributed by atoms with Gasteiger partial charge in [0.1, 0.15) is 5.75 Å². The van der Waals surface area contributed by atoms with Gasteiger partial charge in [-0.25, -0.2) is 12.7 Å². The summed E-state index contributed by atoms with van der Waals surface area (Å²) in [6, 6.07) is 3.33. The lowest BCUT2D eigenvalue weighted by Gasteiger charge is -2.22. The summed E-state index contributed by atoms with van der Waals surface area (Å²) in [4.78, 5) is 14.5. The fraction of sp³-hybridized carbons (Fsp3) is 0.533. The molecule has 1 aliphatic rings. The van der Waals surface area contributed by atoms with E-state index in [1.165, 1.54) is 17.7 Å². The number of halogens is 1. The van der Waals surface area contributed by atoms with Crippen LogP contribution >= 0.6 is 11.6 Å². The maximum Gasteiger partial charge on any atom is 0.257 e. The van der Waals surface area contributed by atoms with Gasteiger partial charge in [0.15, 0.2) is 0 Å². The van der Waals surface area contributed by atoms with Crippen LogP contribution in [0.2, 0.25) is 5.02 Å². The molecule has 0 radical (unpaired) electrons. The lowest BCUT2D eigenvalue weighted by Crippen LogP contribution is -2.37. The Hall–Kier alpha value is -1.31. The van der Waals surface area contributed by atoms with Crippen LogP contribution in [0.1, 0.15) is 22.3 Å². The van der Waals surface area contributed by atoms with E-state index in [0.717, 1.165) is 5.56 Å². The van der Waals surface area contributed by atoms with E-state index < -0.39 is 10.0 Å². The van der Waals surface area contributed by atoms with Crippen LogP contribution in [0.5, 0.6) is 5.75 Å². The number of ether oxygens (including phenoxy) is 1. The van der Waals surface area contributed by atoms with Crippen molar-refractivity contribution < 1.29 is 17.9 Å². The number of carbonyl (C=O) groups is 1. The van der Waals surface area contributed by atoms with Gasteiger partial charge in [-0.3, -0.25) is 4.79 Å². The molecular formula is C15H21ClN2O4S. The molecule has 0 aliphatic carbocycles. The molecule has 0 aromatic heterocycles. The lowest BCUT2D eigenvalue weighted by molar-refractivity contribution is 0.0760. The van der Waals surface area contributed by atoms with Gasteiger partial charge in [0.2, 0.25) is 10.0 Å². The molecule has 0 spiro atoms. The predicted octanol–water partition coefficient (Wildman–Crippen LogP) is 1.76. The molecular weight excluding hydrogens is 340 g/mol. The molecule has 0 bridgehead atoms. The molecule has 1 heterocycles. The molecule has 8 heteroatoms. The zero-order valence-corrected chi connectivity index (χ0v) is 15.1. The number of hydrogen-bond acceptors (Lipinski definition) is 4. The van der Waals surface area contributed by atoms with Crippen LogP contribution in [-0.4, -0.2) is 63.1 Å². The molecule has 23 heavy (non-hydrogen) atoms. The van der Waals surface area contributed by atoms with Gasteiger partial charge in [-0.1, -0.05) is 11.6 Å². The fourth-order valence-corrected chi connectivity index (χ4v) is 3.91. The van der Waals surface area contributed by atoms with Gasteiger partial charge in [0.25, 0.3) is 5.91 Å². The molecule has 2 rings (SSSR count). The van der Waals surface area contributed by atoms with Gasteiger partial charge < -0.3 is 9.64 Å². The summed E-state index contributed by atoms with van der Waals surface area (Å²) in [5.74, 6) is 0.311.